The lowest BCUT2D eigenvalue weighted by Gasteiger charge is -2.17. The van der Waals surface area contributed by atoms with Crippen LogP contribution < -0.4 is 10.6 Å². The number of hydrogen-bond acceptors (Lipinski definition) is 6. The standard InChI is InChI=1S/C16H17N3O4S/c1-10-18-12(9-24-10)8-13(20)23-14(11-6-4-3-5-7-11)15(21)19-16(22)17-2/h3-7,9,14H,8H2,1-2H3,(H2,17,19,21,22). The monoisotopic (exact) mass is 347 g/mol. The van der Waals surface area contributed by atoms with E-state index in [-0.39, 0.29) is 6.42 Å². The van der Waals surface area contributed by atoms with Crippen molar-refractivity contribution >= 4 is 29.2 Å². The highest BCUT2D eigenvalue weighted by Gasteiger charge is 2.26. The first kappa shape index (κ1) is 17.6. The fourth-order valence-electron chi connectivity index (χ4n) is 1.95. The van der Waals surface area contributed by atoms with Crippen LogP contribution in [0.25, 0.3) is 0 Å². The van der Waals surface area contributed by atoms with E-state index in [0.717, 1.165) is 5.01 Å². The molecule has 1 aromatic heterocycles. The fourth-order valence-corrected chi connectivity index (χ4v) is 2.56. The van der Waals surface area contributed by atoms with Crippen molar-refractivity contribution in [3.8, 4) is 0 Å². The van der Waals surface area contributed by atoms with Gasteiger partial charge in [-0.2, -0.15) is 0 Å². The third-order valence-electron chi connectivity index (χ3n) is 3.05. The van der Waals surface area contributed by atoms with Crippen molar-refractivity contribution in [1.82, 2.24) is 15.6 Å². The second-order valence-electron chi connectivity index (χ2n) is 4.88. The molecule has 0 aliphatic rings. The van der Waals surface area contributed by atoms with E-state index in [1.165, 1.54) is 18.4 Å². The summed E-state index contributed by atoms with van der Waals surface area (Å²) in [5.41, 5.74) is 1.06. The Bertz CT molecular complexity index is 730. The molecule has 126 valence electrons. The lowest BCUT2D eigenvalue weighted by atomic mass is 10.1. The van der Waals surface area contributed by atoms with Gasteiger partial charge in [-0.05, 0) is 6.92 Å². The molecule has 0 bridgehead atoms. The molecule has 2 aromatic rings. The van der Waals surface area contributed by atoms with E-state index in [9.17, 15) is 14.4 Å². The first-order valence-electron chi connectivity index (χ1n) is 7.17. The lowest BCUT2D eigenvalue weighted by molar-refractivity contribution is -0.155. The number of aryl methyl sites for hydroxylation is 1. The first-order valence-corrected chi connectivity index (χ1v) is 8.05. The summed E-state index contributed by atoms with van der Waals surface area (Å²) >= 11 is 1.43. The lowest BCUT2D eigenvalue weighted by Crippen LogP contribution is -2.41. The number of imide groups is 1. The highest BCUT2D eigenvalue weighted by molar-refractivity contribution is 7.09. The van der Waals surface area contributed by atoms with E-state index in [4.69, 9.17) is 4.74 Å². The number of carbonyl (C=O) groups excluding carboxylic acids is 3. The van der Waals surface area contributed by atoms with Crippen molar-refractivity contribution < 1.29 is 19.1 Å². The highest BCUT2D eigenvalue weighted by Crippen LogP contribution is 2.19. The molecule has 0 fully saturated rings. The van der Waals surface area contributed by atoms with Gasteiger partial charge in [0.1, 0.15) is 0 Å². The number of esters is 1. The topological polar surface area (TPSA) is 97.4 Å². The van der Waals surface area contributed by atoms with Crippen LogP contribution >= 0.6 is 11.3 Å². The van der Waals surface area contributed by atoms with Gasteiger partial charge >= 0.3 is 12.0 Å². The quantitative estimate of drug-likeness (QED) is 0.803. The number of rotatable bonds is 5. The van der Waals surface area contributed by atoms with Gasteiger partial charge in [0.05, 0.1) is 17.1 Å². The Morgan fingerprint density at radius 2 is 1.96 bits per heavy atom. The Kier molecular flexibility index (Phi) is 6.02. The molecule has 2 N–H and O–H groups in total. The zero-order valence-electron chi connectivity index (χ0n) is 13.2. The molecule has 24 heavy (non-hydrogen) atoms. The second-order valence-corrected chi connectivity index (χ2v) is 5.95. The zero-order valence-corrected chi connectivity index (χ0v) is 14.1. The average molecular weight is 347 g/mol. The average Bonchev–Trinajstić information content (AvgIpc) is 2.98. The van der Waals surface area contributed by atoms with Gasteiger partial charge in [-0.15, -0.1) is 11.3 Å². The number of amides is 3. The summed E-state index contributed by atoms with van der Waals surface area (Å²) < 4.78 is 5.29. The molecule has 7 nitrogen and oxygen atoms in total. The predicted octanol–water partition coefficient (Wildman–Crippen LogP) is 1.73. The van der Waals surface area contributed by atoms with Crippen LogP contribution in [0.3, 0.4) is 0 Å². The van der Waals surface area contributed by atoms with E-state index in [1.807, 2.05) is 6.92 Å². The maximum Gasteiger partial charge on any atom is 0.321 e. The zero-order chi connectivity index (χ0) is 17.5. The van der Waals surface area contributed by atoms with Gasteiger partial charge in [-0.1, -0.05) is 30.3 Å². The summed E-state index contributed by atoms with van der Waals surface area (Å²) in [4.78, 5) is 39.9. The van der Waals surface area contributed by atoms with Crippen molar-refractivity contribution in [2.45, 2.75) is 19.4 Å². The Morgan fingerprint density at radius 3 is 2.54 bits per heavy atom. The molecule has 0 aliphatic carbocycles. The van der Waals surface area contributed by atoms with Crippen LogP contribution in [0.4, 0.5) is 4.79 Å². The normalized spacial score (nSPS) is 11.4. The Hall–Kier alpha value is -2.74. The second kappa shape index (κ2) is 8.21. The first-order chi connectivity index (χ1) is 11.5. The van der Waals surface area contributed by atoms with E-state index in [2.05, 4.69) is 15.6 Å². The van der Waals surface area contributed by atoms with Gasteiger partial charge in [0, 0.05) is 18.0 Å². The van der Waals surface area contributed by atoms with Crippen molar-refractivity contribution in [3.63, 3.8) is 0 Å². The van der Waals surface area contributed by atoms with Gasteiger partial charge in [-0.25, -0.2) is 9.78 Å². The molecule has 1 heterocycles. The molecule has 8 heteroatoms. The third kappa shape index (κ3) is 4.88. The summed E-state index contributed by atoms with van der Waals surface area (Å²) in [7, 11) is 1.39. The number of aromatic nitrogens is 1. The summed E-state index contributed by atoms with van der Waals surface area (Å²) in [6.45, 7) is 1.84. The van der Waals surface area contributed by atoms with E-state index in [1.54, 1.807) is 35.7 Å². The molecule has 0 aliphatic heterocycles. The van der Waals surface area contributed by atoms with Crippen LogP contribution in [-0.2, 0) is 20.7 Å². The van der Waals surface area contributed by atoms with Crippen molar-refractivity contribution in [3.05, 3.63) is 52.0 Å². The van der Waals surface area contributed by atoms with Crippen LogP contribution in [0.2, 0.25) is 0 Å². The smallest absolute Gasteiger partial charge is 0.321 e. The molecule has 0 radical (unpaired) electrons. The summed E-state index contributed by atoms with van der Waals surface area (Å²) in [5.74, 6) is -1.32. The number of nitrogens with zero attached hydrogens (tertiary/aromatic N) is 1. The van der Waals surface area contributed by atoms with Crippen LogP contribution in [0, 0.1) is 6.92 Å². The summed E-state index contributed by atoms with van der Waals surface area (Å²) in [5, 5.41) is 7.00. The summed E-state index contributed by atoms with van der Waals surface area (Å²) in [6.07, 6.45) is -1.25. The molecule has 0 saturated carbocycles. The van der Waals surface area contributed by atoms with Gasteiger partial charge in [0.15, 0.2) is 0 Å². The largest absolute Gasteiger partial charge is 0.447 e. The van der Waals surface area contributed by atoms with Crippen molar-refractivity contribution in [2.75, 3.05) is 7.05 Å². The minimum absolute atomic E-state index is 0.0407. The van der Waals surface area contributed by atoms with Crippen LogP contribution in [0.5, 0.6) is 0 Å². The molecule has 1 aromatic carbocycles. The molecule has 3 amide bonds. The minimum atomic E-state index is -1.21. The molecule has 1 unspecified atom stereocenters. The Morgan fingerprint density at radius 1 is 1.25 bits per heavy atom. The van der Waals surface area contributed by atoms with Gasteiger partial charge < -0.3 is 10.1 Å². The van der Waals surface area contributed by atoms with Crippen molar-refractivity contribution in [1.29, 1.82) is 0 Å². The number of nitrogens with one attached hydrogen (secondary N) is 2. The molecular formula is C16H17N3O4S. The Balaban J connectivity index is 2.12. The van der Waals surface area contributed by atoms with Crippen LogP contribution in [0.1, 0.15) is 22.4 Å². The van der Waals surface area contributed by atoms with E-state index < -0.39 is 24.0 Å². The van der Waals surface area contributed by atoms with E-state index >= 15 is 0 Å². The van der Waals surface area contributed by atoms with Gasteiger partial charge in [-0.3, -0.25) is 14.9 Å². The number of carbonyl (C=O) groups is 3. The maximum atomic E-state index is 12.2. The van der Waals surface area contributed by atoms with Gasteiger partial charge in [0.2, 0.25) is 6.10 Å². The molecule has 2 rings (SSSR count). The third-order valence-corrected chi connectivity index (χ3v) is 3.87. The number of urea groups is 1. The Labute approximate surface area is 143 Å². The highest BCUT2D eigenvalue weighted by atomic mass is 32.1. The van der Waals surface area contributed by atoms with E-state index in [0.29, 0.717) is 11.3 Å². The number of hydrogen-bond donors (Lipinski definition) is 2. The van der Waals surface area contributed by atoms with Crippen LogP contribution in [-0.4, -0.2) is 29.9 Å². The number of benzene rings is 1. The van der Waals surface area contributed by atoms with Gasteiger partial charge in [0.25, 0.3) is 5.91 Å². The number of thiazole rings is 1. The summed E-state index contributed by atoms with van der Waals surface area (Å²) in [6, 6.07) is 7.83. The van der Waals surface area contributed by atoms with Crippen LogP contribution in [0.15, 0.2) is 35.7 Å². The maximum absolute atomic E-state index is 12.2. The number of ether oxygens (including phenoxy) is 1. The fraction of sp³-hybridized carbons (Fsp3) is 0.250. The molecular weight excluding hydrogens is 330 g/mol. The molecule has 0 saturated heterocycles. The SMILES string of the molecule is CNC(=O)NC(=O)C(OC(=O)Cc1csc(C)n1)c1ccccc1. The molecule has 0 spiro atoms. The van der Waals surface area contributed by atoms with Crippen molar-refractivity contribution in [2.24, 2.45) is 0 Å². The minimum Gasteiger partial charge on any atom is -0.447 e. The predicted molar refractivity (Wildman–Crippen MR) is 88.4 cm³/mol. The molecule has 1 atom stereocenters.